The summed E-state index contributed by atoms with van der Waals surface area (Å²) in [6.07, 6.45) is 5.00. The van der Waals surface area contributed by atoms with E-state index in [1.54, 1.807) is 12.1 Å². The summed E-state index contributed by atoms with van der Waals surface area (Å²) in [5.41, 5.74) is 1.37. The zero-order chi connectivity index (χ0) is 11.4. The summed E-state index contributed by atoms with van der Waals surface area (Å²) >= 11 is 0. The second-order valence-electron chi connectivity index (χ2n) is 4.21. The number of aromatic hydroxyl groups is 1. The van der Waals surface area contributed by atoms with Crippen molar-refractivity contribution in [3.8, 4) is 11.8 Å². The molecule has 0 aliphatic carbocycles. The van der Waals surface area contributed by atoms with Crippen molar-refractivity contribution in [1.82, 2.24) is 0 Å². The summed E-state index contributed by atoms with van der Waals surface area (Å²) in [5.74, 6) is 0.0873. The molecule has 2 rings (SSSR count). The standard InChI is InChI=1S/C13H16N2O/c14-10-11-5-6-12(9-13(11)16)15-7-3-1-2-4-8-15/h5-6,9,16H,1-4,7-8H2. The van der Waals surface area contributed by atoms with Crippen LogP contribution < -0.4 is 4.90 Å². The molecule has 1 aliphatic rings. The van der Waals surface area contributed by atoms with E-state index in [4.69, 9.17) is 5.26 Å². The molecule has 1 aromatic rings. The highest BCUT2D eigenvalue weighted by Crippen LogP contribution is 2.25. The van der Waals surface area contributed by atoms with Gasteiger partial charge in [-0.15, -0.1) is 0 Å². The first-order valence-electron chi connectivity index (χ1n) is 5.79. The number of anilines is 1. The smallest absolute Gasteiger partial charge is 0.135 e. The summed E-state index contributed by atoms with van der Waals surface area (Å²) in [7, 11) is 0. The molecule has 1 heterocycles. The van der Waals surface area contributed by atoms with Crippen LogP contribution in [0.5, 0.6) is 5.75 Å². The first-order valence-corrected chi connectivity index (χ1v) is 5.79. The van der Waals surface area contributed by atoms with E-state index in [9.17, 15) is 5.11 Å². The average Bonchev–Trinajstić information content (AvgIpc) is 2.57. The SMILES string of the molecule is N#Cc1ccc(N2CCCCCC2)cc1O. The first kappa shape index (κ1) is 10.8. The van der Waals surface area contributed by atoms with E-state index in [0.29, 0.717) is 5.56 Å². The van der Waals surface area contributed by atoms with Gasteiger partial charge in [0.15, 0.2) is 0 Å². The van der Waals surface area contributed by atoms with Crippen molar-refractivity contribution in [2.75, 3.05) is 18.0 Å². The zero-order valence-electron chi connectivity index (χ0n) is 9.32. The molecule has 1 saturated heterocycles. The van der Waals surface area contributed by atoms with Crippen molar-refractivity contribution in [1.29, 1.82) is 5.26 Å². The molecule has 0 unspecified atom stereocenters. The van der Waals surface area contributed by atoms with Gasteiger partial charge in [0.25, 0.3) is 0 Å². The van der Waals surface area contributed by atoms with Gasteiger partial charge in [-0.1, -0.05) is 12.8 Å². The Morgan fingerprint density at radius 2 is 1.81 bits per heavy atom. The minimum atomic E-state index is 0.0873. The molecular formula is C13H16N2O. The van der Waals surface area contributed by atoms with Gasteiger partial charge >= 0.3 is 0 Å². The fourth-order valence-corrected chi connectivity index (χ4v) is 2.14. The highest BCUT2D eigenvalue weighted by Gasteiger charge is 2.11. The van der Waals surface area contributed by atoms with Gasteiger partial charge in [0.05, 0.1) is 5.56 Å². The van der Waals surface area contributed by atoms with E-state index in [2.05, 4.69) is 4.90 Å². The third kappa shape index (κ3) is 2.27. The Kier molecular flexibility index (Phi) is 3.31. The predicted molar refractivity (Wildman–Crippen MR) is 63.5 cm³/mol. The predicted octanol–water partition coefficient (Wildman–Crippen LogP) is 2.64. The summed E-state index contributed by atoms with van der Waals surface area (Å²) in [5, 5.41) is 18.4. The molecule has 1 aromatic carbocycles. The molecule has 3 heteroatoms. The lowest BCUT2D eigenvalue weighted by atomic mass is 10.2. The maximum atomic E-state index is 9.64. The fourth-order valence-electron chi connectivity index (χ4n) is 2.14. The number of hydrogen-bond donors (Lipinski definition) is 1. The van der Waals surface area contributed by atoms with Crippen LogP contribution in [-0.2, 0) is 0 Å². The van der Waals surface area contributed by atoms with Crippen LogP contribution in [0.3, 0.4) is 0 Å². The Balaban J connectivity index is 2.20. The summed E-state index contributed by atoms with van der Waals surface area (Å²) < 4.78 is 0. The number of phenols is 1. The number of phenolic OH excluding ortho intramolecular Hbond substituents is 1. The van der Waals surface area contributed by atoms with Crippen LogP contribution >= 0.6 is 0 Å². The number of hydrogen-bond acceptors (Lipinski definition) is 3. The van der Waals surface area contributed by atoms with Gasteiger partial charge in [-0.3, -0.25) is 0 Å². The molecule has 0 radical (unpaired) electrons. The number of nitriles is 1. The van der Waals surface area contributed by atoms with Crippen LogP contribution in [0.1, 0.15) is 31.2 Å². The monoisotopic (exact) mass is 216 g/mol. The van der Waals surface area contributed by atoms with Crippen molar-refractivity contribution in [3.63, 3.8) is 0 Å². The van der Waals surface area contributed by atoms with Gasteiger partial charge in [0, 0.05) is 24.8 Å². The lowest BCUT2D eigenvalue weighted by molar-refractivity contribution is 0.473. The van der Waals surface area contributed by atoms with Gasteiger partial charge in [0.2, 0.25) is 0 Å². The fraction of sp³-hybridized carbons (Fsp3) is 0.462. The molecule has 0 saturated carbocycles. The van der Waals surface area contributed by atoms with Crippen LogP contribution in [0.15, 0.2) is 18.2 Å². The Labute approximate surface area is 95.9 Å². The van der Waals surface area contributed by atoms with Crippen molar-refractivity contribution in [2.45, 2.75) is 25.7 Å². The number of benzene rings is 1. The average molecular weight is 216 g/mol. The van der Waals surface area contributed by atoms with Gasteiger partial charge in [-0.25, -0.2) is 0 Å². The maximum absolute atomic E-state index is 9.64. The van der Waals surface area contributed by atoms with E-state index < -0.39 is 0 Å². The maximum Gasteiger partial charge on any atom is 0.135 e. The van der Waals surface area contributed by atoms with E-state index >= 15 is 0 Å². The van der Waals surface area contributed by atoms with Gasteiger partial charge in [0.1, 0.15) is 11.8 Å². The topological polar surface area (TPSA) is 47.3 Å². The highest BCUT2D eigenvalue weighted by molar-refractivity contribution is 5.56. The minimum Gasteiger partial charge on any atom is -0.506 e. The Morgan fingerprint density at radius 1 is 1.12 bits per heavy atom. The van der Waals surface area contributed by atoms with E-state index in [1.165, 1.54) is 25.7 Å². The first-order chi connectivity index (χ1) is 7.81. The molecule has 84 valence electrons. The zero-order valence-corrected chi connectivity index (χ0v) is 9.32. The quantitative estimate of drug-likeness (QED) is 0.785. The lowest BCUT2D eigenvalue weighted by Crippen LogP contribution is -2.23. The minimum absolute atomic E-state index is 0.0873. The van der Waals surface area contributed by atoms with Crippen molar-refractivity contribution >= 4 is 5.69 Å². The molecule has 1 aliphatic heterocycles. The largest absolute Gasteiger partial charge is 0.506 e. The van der Waals surface area contributed by atoms with Crippen LogP contribution in [0.25, 0.3) is 0 Å². The molecule has 0 spiro atoms. The van der Waals surface area contributed by atoms with Crippen LogP contribution in [-0.4, -0.2) is 18.2 Å². The molecule has 1 N–H and O–H groups in total. The number of nitrogens with zero attached hydrogens (tertiary/aromatic N) is 2. The van der Waals surface area contributed by atoms with Crippen molar-refractivity contribution in [2.24, 2.45) is 0 Å². The van der Waals surface area contributed by atoms with Gasteiger partial charge in [-0.2, -0.15) is 5.26 Å². The van der Waals surface area contributed by atoms with Crippen LogP contribution in [0.4, 0.5) is 5.69 Å². The van der Waals surface area contributed by atoms with Gasteiger partial charge < -0.3 is 10.0 Å². The molecular weight excluding hydrogens is 200 g/mol. The van der Waals surface area contributed by atoms with Gasteiger partial charge in [-0.05, 0) is 25.0 Å². The number of rotatable bonds is 1. The Morgan fingerprint density at radius 3 is 2.38 bits per heavy atom. The summed E-state index contributed by atoms with van der Waals surface area (Å²) in [6.45, 7) is 2.09. The third-order valence-electron chi connectivity index (χ3n) is 3.07. The van der Waals surface area contributed by atoms with Crippen molar-refractivity contribution in [3.05, 3.63) is 23.8 Å². The molecule has 16 heavy (non-hydrogen) atoms. The lowest BCUT2D eigenvalue weighted by Gasteiger charge is -2.22. The molecule has 0 atom stereocenters. The summed E-state index contributed by atoms with van der Waals surface area (Å²) in [4.78, 5) is 2.29. The molecule has 0 aromatic heterocycles. The third-order valence-corrected chi connectivity index (χ3v) is 3.07. The Hall–Kier alpha value is -1.69. The molecule has 0 amide bonds. The molecule has 0 bridgehead atoms. The molecule has 3 nitrogen and oxygen atoms in total. The summed E-state index contributed by atoms with van der Waals surface area (Å²) in [6, 6.07) is 7.28. The second kappa shape index (κ2) is 4.89. The molecule has 1 fully saturated rings. The van der Waals surface area contributed by atoms with Crippen molar-refractivity contribution < 1.29 is 5.11 Å². The van der Waals surface area contributed by atoms with E-state index in [-0.39, 0.29) is 5.75 Å². The van der Waals surface area contributed by atoms with Crippen LogP contribution in [0.2, 0.25) is 0 Å². The van der Waals surface area contributed by atoms with E-state index in [1.807, 2.05) is 12.1 Å². The van der Waals surface area contributed by atoms with Crippen LogP contribution in [0, 0.1) is 11.3 Å². The normalized spacial score (nSPS) is 16.6. The highest BCUT2D eigenvalue weighted by atomic mass is 16.3. The Bertz CT molecular complexity index is 401. The second-order valence-corrected chi connectivity index (χ2v) is 4.21. The van der Waals surface area contributed by atoms with E-state index in [0.717, 1.165) is 18.8 Å².